The second kappa shape index (κ2) is 6.69. The largest absolute Gasteiger partial charge is 0.458 e. The van der Waals surface area contributed by atoms with Crippen LogP contribution in [0.2, 0.25) is 0 Å². The molecule has 5 heteroatoms. The topological polar surface area (TPSA) is 53.6 Å². The summed E-state index contributed by atoms with van der Waals surface area (Å²) >= 11 is 0. The van der Waals surface area contributed by atoms with E-state index in [4.69, 9.17) is 4.74 Å². The van der Waals surface area contributed by atoms with Gasteiger partial charge in [0.1, 0.15) is 5.60 Å². The van der Waals surface area contributed by atoms with E-state index in [-0.39, 0.29) is 11.6 Å². The molecule has 1 heterocycles. The molecule has 0 aromatic carbocycles. The second-order valence-corrected chi connectivity index (χ2v) is 8.35. The Labute approximate surface area is 139 Å². The minimum absolute atomic E-state index is 0.00574. The molecule has 0 radical (unpaired) electrons. The van der Waals surface area contributed by atoms with Crippen molar-refractivity contribution in [1.82, 2.24) is 15.5 Å². The van der Waals surface area contributed by atoms with Crippen LogP contribution in [0, 0.1) is 17.8 Å². The van der Waals surface area contributed by atoms with E-state index in [1.165, 1.54) is 19.3 Å². The van der Waals surface area contributed by atoms with Gasteiger partial charge in [0.05, 0.1) is 6.54 Å². The van der Waals surface area contributed by atoms with Crippen LogP contribution < -0.4 is 10.6 Å². The molecule has 4 bridgehead atoms. The minimum atomic E-state index is -0.0953. The second-order valence-electron chi connectivity index (χ2n) is 8.35. The molecule has 4 aliphatic carbocycles. The van der Waals surface area contributed by atoms with Crippen molar-refractivity contribution in [2.24, 2.45) is 17.8 Å². The summed E-state index contributed by atoms with van der Waals surface area (Å²) in [5.74, 6) is 2.49. The molecule has 0 spiro atoms. The van der Waals surface area contributed by atoms with E-state index in [1.807, 2.05) is 0 Å². The number of nitrogens with zero attached hydrogens (tertiary/aromatic N) is 1. The van der Waals surface area contributed by atoms with Gasteiger partial charge < -0.3 is 15.4 Å². The molecular weight excluding hydrogens is 290 g/mol. The first-order valence-corrected chi connectivity index (χ1v) is 9.56. The third-order valence-electron chi connectivity index (χ3n) is 6.35. The van der Waals surface area contributed by atoms with E-state index in [0.717, 1.165) is 76.3 Å². The molecule has 5 rings (SSSR count). The van der Waals surface area contributed by atoms with Gasteiger partial charge in [-0.25, -0.2) is 0 Å². The maximum atomic E-state index is 12.6. The Morgan fingerprint density at radius 2 is 1.43 bits per heavy atom. The molecule has 0 aromatic rings. The number of ether oxygens (including phenoxy) is 1. The first kappa shape index (κ1) is 15.9. The molecule has 0 amide bonds. The van der Waals surface area contributed by atoms with Gasteiger partial charge in [-0.2, -0.15) is 0 Å². The van der Waals surface area contributed by atoms with Crippen LogP contribution >= 0.6 is 0 Å². The number of hydrogen-bond acceptors (Lipinski definition) is 5. The molecule has 5 aliphatic rings. The summed E-state index contributed by atoms with van der Waals surface area (Å²) in [6.45, 7) is 6.22. The van der Waals surface area contributed by atoms with E-state index in [0.29, 0.717) is 6.54 Å². The molecule has 0 aromatic heterocycles. The Bertz CT molecular complexity index is 395. The van der Waals surface area contributed by atoms with Crippen molar-refractivity contribution in [3.05, 3.63) is 0 Å². The first-order chi connectivity index (χ1) is 11.2. The molecule has 0 unspecified atom stereocenters. The highest BCUT2D eigenvalue weighted by atomic mass is 16.6. The zero-order chi connectivity index (χ0) is 15.7. The van der Waals surface area contributed by atoms with Gasteiger partial charge >= 0.3 is 5.97 Å². The molecule has 4 saturated carbocycles. The predicted molar refractivity (Wildman–Crippen MR) is 89.2 cm³/mol. The average molecular weight is 321 g/mol. The molecule has 1 saturated heterocycles. The Morgan fingerprint density at radius 1 is 0.913 bits per heavy atom. The van der Waals surface area contributed by atoms with Crippen molar-refractivity contribution in [2.75, 3.05) is 45.8 Å². The van der Waals surface area contributed by atoms with E-state index >= 15 is 0 Å². The third-order valence-corrected chi connectivity index (χ3v) is 6.35. The highest BCUT2D eigenvalue weighted by Crippen LogP contribution is 2.57. The van der Waals surface area contributed by atoms with Crippen LogP contribution in [0.5, 0.6) is 0 Å². The average Bonchev–Trinajstić information content (AvgIpc) is 2.59. The molecule has 130 valence electrons. The maximum absolute atomic E-state index is 12.6. The van der Waals surface area contributed by atoms with Gasteiger partial charge in [-0.05, 0) is 56.3 Å². The fourth-order valence-electron chi connectivity index (χ4n) is 5.78. The van der Waals surface area contributed by atoms with E-state index in [9.17, 15) is 4.79 Å². The summed E-state index contributed by atoms with van der Waals surface area (Å²) in [7, 11) is 0. The normalized spacial score (nSPS) is 41.1. The Kier molecular flexibility index (Phi) is 4.61. The zero-order valence-electron chi connectivity index (χ0n) is 14.2. The van der Waals surface area contributed by atoms with Crippen molar-refractivity contribution >= 4 is 5.97 Å². The molecular formula is C18H31N3O2. The van der Waals surface area contributed by atoms with Crippen molar-refractivity contribution in [2.45, 2.75) is 44.1 Å². The summed E-state index contributed by atoms with van der Waals surface area (Å²) < 4.78 is 6.14. The predicted octanol–water partition coefficient (Wildman–Crippen LogP) is 0.993. The van der Waals surface area contributed by atoms with Crippen LogP contribution in [-0.2, 0) is 9.53 Å². The quantitative estimate of drug-likeness (QED) is 0.760. The molecule has 5 nitrogen and oxygen atoms in total. The van der Waals surface area contributed by atoms with E-state index < -0.39 is 0 Å². The fourth-order valence-corrected chi connectivity index (χ4v) is 5.78. The Morgan fingerprint density at radius 3 is 1.96 bits per heavy atom. The lowest BCUT2D eigenvalue weighted by Crippen LogP contribution is -2.53. The summed E-state index contributed by atoms with van der Waals surface area (Å²) in [6, 6.07) is 0. The van der Waals surface area contributed by atoms with E-state index in [1.54, 1.807) is 0 Å². The van der Waals surface area contributed by atoms with Crippen LogP contribution in [0.3, 0.4) is 0 Å². The minimum Gasteiger partial charge on any atom is -0.458 e. The number of esters is 1. The lowest BCUT2D eigenvalue weighted by molar-refractivity contribution is -0.187. The van der Waals surface area contributed by atoms with Gasteiger partial charge in [-0.3, -0.25) is 9.69 Å². The van der Waals surface area contributed by atoms with Gasteiger partial charge in [0, 0.05) is 39.3 Å². The van der Waals surface area contributed by atoms with E-state index in [2.05, 4.69) is 15.5 Å². The molecule has 23 heavy (non-hydrogen) atoms. The Hall–Kier alpha value is -0.650. The SMILES string of the molecule is O=C(CN1CCNCCNCC1)OC12CC3CC(CC(C3)C1)C2. The van der Waals surface area contributed by atoms with Gasteiger partial charge in [0.2, 0.25) is 0 Å². The molecule has 1 aliphatic heterocycles. The molecule has 0 atom stereocenters. The maximum Gasteiger partial charge on any atom is 0.320 e. The number of rotatable bonds is 3. The number of carbonyl (C=O) groups excluding carboxylic acids is 1. The zero-order valence-corrected chi connectivity index (χ0v) is 14.2. The van der Waals surface area contributed by atoms with Crippen LogP contribution in [0.25, 0.3) is 0 Å². The molecule has 5 fully saturated rings. The van der Waals surface area contributed by atoms with Crippen LogP contribution in [0.15, 0.2) is 0 Å². The Balaban J connectivity index is 1.32. The summed E-state index contributed by atoms with van der Waals surface area (Å²) in [6.07, 6.45) is 7.57. The van der Waals surface area contributed by atoms with Crippen LogP contribution in [-0.4, -0.2) is 62.3 Å². The standard InChI is InChI=1S/C18H31N3O2/c22-17(13-21-5-3-19-1-2-20-4-6-21)23-18-10-14-7-15(11-18)9-16(8-14)12-18/h14-16,19-20H,1-13H2. The van der Waals surface area contributed by atoms with Gasteiger partial charge in [0.15, 0.2) is 0 Å². The van der Waals surface area contributed by atoms with Gasteiger partial charge in [-0.15, -0.1) is 0 Å². The first-order valence-electron chi connectivity index (χ1n) is 9.56. The van der Waals surface area contributed by atoms with Gasteiger partial charge in [0.25, 0.3) is 0 Å². The van der Waals surface area contributed by atoms with Crippen LogP contribution in [0.1, 0.15) is 38.5 Å². The van der Waals surface area contributed by atoms with Crippen molar-refractivity contribution < 1.29 is 9.53 Å². The van der Waals surface area contributed by atoms with Gasteiger partial charge in [-0.1, -0.05) is 0 Å². The van der Waals surface area contributed by atoms with Crippen molar-refractivity contribution in [1.29, 1.82) is 0 Å². The highest BCUT2D eigenvalue weighted by molar-refractivity contribution is 5.72. The fraction of sp³-hybridized carbons (Fsp3) is 0.944. The third kappa shape index (κ3) is 3.72. The highest BCUT2D eigenvalue weighted by Gasteiger charge is 2.53. The summed E-state index contributed by atoms with van der Waals surface area (Å²) in [4.78, 5) is 14.8. The number of hydrogen-bond donors (Lipinski definition) is 2. The summed E-state index contributed by atoms with van der Waals surface area (Å²) in [5, 5.41) is 6.80. The lowest BCUT2D eigenvalue weighted by atomic mass is 9.54. The van der Waals surface area contributed by atoms with Crippen molar-refractivity contribution in [3.8, 4) is 0 Å². The monoisotopic (exact) mass is 321 g/mol. The lowest BCUT2D eigenvalue weighted by Gasteiger charge is -2.55. The summed E-state index contributed by atoms with van der Waals surface area (Å²) in [5.41, 5.74) is -0.0953. The molecule has 2 N–H and O–H groups in total. The number of carbonyl (C=O) groups is 1. The van der Waals surface area contributed by atoms with Crippen LogP contribution in [0.4, 0.5) is 0 Å². The van der Waals surface area contributed by atoms with Crippen molar-refractivity contribution in [3.63, 3.8) is 0 Å². The number of nitrogens with one attached hydrogen (secondary N) is 2. The smallest absolute Gasteiger partial charge is 0.320 e.